The lowest BCUT2D eigenvalue weighted by Crippen LogP contribution is -2.43. The predicted octanol–water partition coefficient (Wildman–Crippen LogP) is 3.70. The molecule has 1 saturated carbocycles. The van der Waals surface area contributed by atoms with Crippen molar-refractivity contribution in [2.75, 3.05) is 11.9 Å². The maximum absolute atomic E-state index is 12.6. The van der Waals surface area contributed by atoms with Gasteiger partial charge in [0, 0.05) is 17.3 Å². The first-order chi connectivity index (χ1) is 14.1. The molecular weight excluding hydrogens is 364 g/mol. The Balaban J connectivity index is 1.52. The van der Waals surface area contributed by atoms with Crippen LogP contribution in [0.2, 0.25) is 0 Å². The van der Waals surface area contributed by atoms with Gasteiger partial charge in [0.1, 0.15) is 5.69 Å². The third-order valence-electron chi connectivity index (χ3n) is 5.68. The number of hydrogen-bond acceptors (Lipinski definition) is 4. The highest BCUT2D eigenvalue weighted by Crippen LogP contribution is 2.25. The second kappa shape index (κ2) is 8.47. The van der Waals surface area contributed by atoms with E-state index in [4.69, 9.17) is 0 Å². The van der Waals surface area contributed by atoms with E-state index in [0.717, 1.165) is 18.4 Å². The van der Waals surface area contributed by atoms with Crippen LogP contribution in [0.4, 0.5) is 5.69 Å². The third kappa shape index (κ3) is 4.31. The number of nitrogens with zero attached hydrogens (tertiary/aromatic N) is 1. The van der Waals surface area contributed by atoms with E-state index in [0.29, 0.717) is 28.4 Å². The van der Waals surface area contributed by atoms with Crippen molar-refractivity contribution in [3.8, 4) is 11.3 Å². The number of nitrogens with one attached hydrogen (secondary N) is 3. The summed E-state index contributed by atoms with van der Waals surface area (Å²) >= 11 is 0. The van der Waals surface area contributed by atoms with Crippen LogP contribution >= 0.6 is 0 Å². The Bertz CT molecular complexity index is 1080. The SMILES string of the molecule is CC1CCCCC1NC(=O)CNc1ccccc1-c1nc2ccccc2[nH]c1=O. The summed E-state index contributed by atoms with van der Waals surface area (Å²) in [7, 11) is 0. The molecule has 3 aromatic rings. The lowest BCUT2D eigenvalue weighted by molar-refractivity contribution is -0.120. The Hall–Kier alpha value is -3.15. The lowest BCUT2D eigenvalue weighted by Gasteiger charge is -2.29. The summed E-state index contributed by atoms with van der Waals surface area (Å²) in [6.07, 6.45) is 4.62. The number of anilines is 1. The van der Waals surface area contributed by atoms with Crippen LogP contribution in [0, 0.1) is 5.92 Å². The van der Waals surface area contributed by atoms with E-state index in [1.807, 2.05) is 48.5 Å². The zero-order valence-electron chi connectivity index (χ0n) is 16.6. The number of rotatable bonds is 5. The van der Waals surface area contributed by atoms with Crippen LogP contribution in [-0.4, -0.2) is 28.5 Å². The normalized spacial score (nSPS) is 19.1. The van der Waals surface area contributed by atoms with E-state index in [9.17, 15) is 9.59 Å². The number of hydrogen-bond donors (Lipinski definition) is 3. The molecule has 6 nitrogen and oxygen atoms in total. The summed E-state index contributed by atoms with van der Waals surface area (Å²) in [6, 6.07) is 15.1. The molecule has 2 atom stereocenters. The molecule has 3 N–H and O–H groups in total. The van der Waals surface area contributed by atoms with Gasteiger partial charge in [-0.1, -0.05) is 50.1 Å². The highest BCUT2D eigenvalue weighted by Gasteiger charge is 2.22. The van der Waals surface area contributed by atoms with E-state index in [1.165, 1.54) is 12.8 Å². The molecule has 1 aliphatic carbocycles. The monoisotopic (exact) mass is 390 g/mol. The quantitative estimate of drug-likeness (QED) is 0.620. The lowest BCUT2D eigenvalue weighted by atomic mass is 9.86. The minimum absolute atomic E-state index is 0.0288. The molecule has 0 saturated heterocycles. The summed E-state index contributed by atoms with van der Waals surface area (Å²) < 4.78 is 0. The first-order valence-electron chi connectivity index (χ1n) is 10.2. The zero-order chi connectivity index (χ0) is 20.2. The molecule has 29 heavy (non-hydrogen) atoms. The molecule has 0 aliphatic heterocycles. The Morgan fingerprint density at radius 3 is 2.72 bits per heavy atom. The van der Waals surface area contributed by atoms with Crippen molar-refractivity contribution in [2.24, 2.45) is 5.92 Å². The fraction of sp³-hybridized carbons (Fsp3) is 0.348. The van der Waals surface area contributed by atoms with Crippen molar-refractivity contribution in [2.45, 2.75) is 38.6 Å². The topological polar surface area (TPSA) is 86.9 Å². The minimum Gasteiger partial charge on any atom is -0.376 e. The van der Waals surface area contributed by atoms with Gasteiger partial charge in [-0.3, -0.25) is 9.59 Å². The first-order valence-corrected chi connectivity index (χ1v) is 10.2. The van der Waals surface area contributed by atoms with Gasteiger partial charge in [0.15, 0.2) is 0 Å². The van der Waals surface area contributed by atoms with Crippen LogP contribution < -0.4 is 16.2 Å². The van der Waals surface area contributed by atoms with Crippen LogP contribution in [0.3, 0.4) is 0 Å². The molecular formula is C23H26N4O2. The molecule has 1 amide bonds. The molecule has 0 spiro atoms. The average Bonchev–Trinajstić information content (AvgIpc) is 2.74. The third-order valence-corrected chi connectivity index (χ3v) is 5.68. The Kier molecular flexibility index (Phi) is 5.60. The Morgan fingerprint density at radius 1 is 1.10 bits per heavy atom. The van der Waals surface area contributed by atoms with Crippen molar-refractivity contribution in [3.05, 3.63) is 58.9 Å². The Morgan fingerprint density at radius 2 is 1.86 bits per heavy atom. The second-order valence-corrected chi connectivity index (χ2v) is 7.77. The maximum atomic E-state index is 12.6. The number of aromatic amines is 1. The molecule has 150 valence electrons. The highest BCUT2D eigenvalue weighted by molar-refractivity contribution is 5.85. The van der Waals surface area contributed by atoms with Gasteiger partial charge < -0.3 is 15.6 Å². The van der Waals surface area contributed by atoms with Crippen molar-refractivity contribution < 1.29 is 4.79 Å². The van der Waals surface area contributed by atoms with Gasteiger partial charge in [0.05, 0.1) is 17.6 Å². The van der Waals surface area contributed by atoms with E-state index in [-0.39, 0.29) is 24.1 Å². The summed E-state index contributed by atoms with van der Waals surface area (Å²) in [5.74, 6) is 0.485. The maximum Gasteiger partial charge on any atom is 0.275 e. The number of fused-ring (bicyclic) bond motifs is 1. The van der Waals surface area contributed by atoms with Crippen LogP contribution in [0.25, 0.3) is 22.3 Å². The molecule has 1 heterocycles. The van der Waals surface area contributed by atoms with Gasteiger partial charge in [-0.25, -0.2) is 4.98 Å². The number of benzene rings is 2. The molecule has 4 rings (SSSR count). The molecule has 6 heteroatoms. The summed E-state index contributed by atoms with van der Waals surface area (Å²) in [5, 5.41) is 6.34. The van der Waals surface area contributed by atoms with Crippen molar-refractivity contribution in [3.63, 3.8) is 0 Å². The Labute approximate surface area is 169 Å². The number of amides is 1. The predicted molar refractivity (Wildman–Crippen MR) is 116 cm³/mol. The zero-order valence-corrected chi connectivity index (χ0v) is 16.6. The highest BCUT2D eigenvalue weighted by atomic mass is 16.2. The van der Waals surface area contributed by atoms with Gasteiger partial charge in [-0.15, -0.1) is 0 Å². The van der Waals surface area contributed by atoms with E-state index in [1.54, 1.807) is 0 Å². The van der Waals surface area contributed by atoms with Crippen molar-refractivity contribution in [1.82, 2.24) is 15.3 Å². The van der Waals surface area contributed by atoms with Crippen molar-refractivity contribution >= 4 is 22.6 Å². The number of carbonyl (C=O) groups is 1. The molecule has 0 radical (unpaired) electrons. The minimum atomic E-state index is -0.251. The molecule has 1 aliphatic rings. The fourth-order valence-corrected chi connectivity index (χ4v) is 4.02. The van der Waals surface area contributed by atoms with Gasteiger partial charge >= 0.3 is 0 Å². The number of H-pyrrole nitrogens is 1. The van der Waals surface area contributed by atoms with Crippen LogP contribution in [0.15, 0.2) is 53.3 Å². The molecule has 0 bridgehead atoms. The largest absolute Gasteiger partial charge is 0.376 e. The van der Waals surface area contributed by atoms with E-state index in [2.05, 4.69) is 27.5 Å². The average molecular weight is 390 g/mol. The number of para-hydroxylation sites is 3. The summed E-state index contributed by atoms with van der Waals surface area (Å²) in [5.41, 5.74) is 2.91. The van der Waals surface area contributed by atoms with Crippen molar-refractivity contribution in [1.29, 1.82) is 0 Å². The molecule has 2 aromatic carbocycles. The number of carbonyl (C=O) groups excluding carboxylic acids is 1. The molecule has 1 aromatic heterocycles. The fourth-order valence-electron chi connectivity index (χ4n) is 4.02. The second-order valence-electron chi connectivity index (χ2n) is 7.77. The molecule has 1 fully saturated rings. The summed E-state index contributed by atoms with van der Waals surface area (Å²) in [4.78, 5) is 32.5. The number of aromatic nitrogens is 2. The van der Waals surface area contributed by atoms with Gasteiger partial charge in [0.25, 0.3) is 5.56 Å². The standard InChI is InChI=1S/C23H26N4O2/c1-15-8-2-4-10-17(15)25-21(28)14-24-18-11-5-3-9-16(18)22-23(29)27-20-13-7-6-12-19(20)26-22/h3,5-7,9,11-13,15,17,24H,2,4,8,10,14H2,1H3,(H,25,28)(H,27,29). The molecule has 2 unspecified atom stereocenters. The van der Waals surface area contributed by atoms with Gasteiger partial charge in [0.2, 0.25) is 5.91 Å². The smallest absolute Gasteiger partial charge is 0.275 e. The van der Waals surface area contributed by atoms with Crippen LogP contribution in [0.1, 0.15) is 32.6 Å². The van der Waals surface area contributed by atoms with E-state index >= 15 is 0 Å². The van der Waals surface area contributed by atoms with Gasteiger partial charge in [-0.05, 0) is 37.0 Å². The van der Waals surface area contributed by atoms with Gasteiger partial charge in [-0.2, -0.15) is 0 Å². The van der Waals surface area contributed by atoms with E-state index < -0.39 is 0 Å². The van der Waals surface area contributed by atoms with Crippen LogP contribution in [0.5, 0.6) is 0 Å². The first kappa shape index (κ1) is 19.2. The van der Waals surface area contributed by atoms with Crippen LogP contribution in [-0.2, 0) is 4.79 Å². The summed E-state index contributed by atoms with van der Waals surface area (Å²) in [6.45, 7) is 2.36.